The van der Waals surface area contributed by atoms with Crippen LogP contribution in [0.1, 0.15) is 52.8 Å². The van der Waals surface area contributed by atoms with E-state index in [0.717, 1.165) is 29.7 Å². The summed E-state index contributed by atoms with van der Waals surface area (Å²) < 4.78 is 12.0. The third-order valence-corrected chi connectivity index (χ3v) is 4.87. The molecule has 1 aromatic heterocycles. The molecule has 0 bridgehead atoms. The van der Waals surface area contributed by atoms with Crippen molar-refractivity contribution in [3.05, 3.63) is 24.3 Å². The molecular formula is C16H23BN2O3. The largest absolute Gasteiger partial charge is 0.498 e. The lowest BCUT2D eigenvalue weighted by atomic mass is 9.81. The Kier molecular flexibility index (Phi) is 3.87. The molecule has 1 aliphatic heterocycles. The van der Waals surface area contributed by atoms with Crippen molar-refractivity contribution in [3.63, 3.8) is 0 Å². The minimum absolute atomic E-state index is 0.229. The lowest BCUT2D eigenvalue weighted by Gasteiger charge is -2.32. The van der Waals surface area contributed by atoms with Gasteiger partial charge in [-0.2, -0.15) is 0 Å². The van der Waals surface area contributed by atoms with Crippen LogP contribution >= 0.6 is 0 Å². The highest BCUT2D eigenvalue weighted by atomic mass is 16.7. The van der Waals surface area contributed by atoms with Crippen molar-refractivity contribution in [2.75, 3.05) is 0 Å². The zero-order valence-corrected chi connectivity index (χ0v) is 13.7. The van der Waals surface area contributed by atoms with Crippen LogP contribution < -0.4 is 5.46 Å². The summed E-state index contributed by atoms with van der Waals surface area (Å²) in [5.41, 5.74) is 1.21. The standard InChI is InChI=1S/C16H23BN2O3/c1-15(2)16(3,4)22-17(21-15)12-9-18-14(19-10-12)11-5-7-13(20)8-6-11/h5,9-10,13,20H,6-8H2,1-4H3. The molecule has 5 nitrogen and oxygen atoms in total. The topological polar surface area (TPSA) is 64.5 Å². The quantitative estimate of drug-likeness (QED) is 0.843. The van der Waals surface area contributed by atoms with Crippen LogP contribution in [-0.4, -0.2) is 39.5 Å². The first-order chi connectivity index (χ1) is 10.3. The van der Waals surface area contributed by atoms with E-state index in [0.29, 0.717) is 6.42 Å². The van der Waals surface area contributed by atoms with Crippen LogP contribution in [0.4, 0.5) is 0 Å². The van der Waals surface area contributed by atoms with Crippen molar-refractivity contribution in [3.8, 4) is 0 Å². The minimum atomic E-state index is -0.429. The molecule has 2 aliphatic rings. The van der Waals surface area contributed by atoms with Crippen LogP contribution in [-0.2, 0) is 9.31 Å². The number of aromatic nitrogens is 2. The number of rotatable bonds is 2. The molecule has 0 radical (unpaired) electrons. The lowest BCUT2D eigenvalue weighted by molar-refractivity contribution is 0.00578. The molecular weight excluding hydrogens is 279 g/mol. The van der Waals surface area contributed by atoms with Crippen LogP contribution in [0.5, 0.6) is 0 Å². The fourth-order valence-corrected chi connectivity index (χ4v) is 2.63. The van der Waals surface area contributed by atoms with Gasteiger partial charge in [0.25, 0.3) is 0 Å². The van der Waals surface area contributed by atoms with Gasteiger partial charge < -0.3 is 14.4 Å². The Morgan fingerprint density at radius 3 is 2.23 bits per heavy atom. The summed E-state index contributed by atoms with van der Waals surface area (Å²) in [5.74, 6) is 0.729. The molecule has 22 heavy (non-hydrogen) atoms. The number of hydrogen-bond donors (Lipinski definition) is 1. The number of aliphatic hydroxyl groups is 1. The third-order valence-electron chi connectivity index (χ3n) is 4.87. The minimum Gasteiger partial charge on any atom is -0.399 e. The Hall–Kier alpha value is -1.24. The van der Waals surface area contributed by atoms with Gasteiger partial charge in [0.05, 0.1) is 17.3 Å². The lowest BCUT2D eigenvalue weighted by Crippen LogP contribution is -2.41. The SMILES string of the molecule is CC1(C)OB(c2cnc(C3=CCC(O)CC3)nc2)OC1(C)C. The summed E-state index contributed by atoms with van der Waals surface area (Å²) in [4.78, 5) is 8.89. The van der Waals surface area contributed by atoms with Gasteiger partial charge in [-0.15, -0.1) is 0 Å². The summed E-state index contributed by atoms with van der Waals surface area (Å²) >= 11 is 0. The average molecular weight is 302 g/mol. The zero-order valence-electron chi connectivity index (χ0n) is 13.7. The van der Waals surface area contributed by atoms with Gasteiger partial charge in [0.2, 0.25) is 0 Å². The normalized spacial score (nSPS) is 26.9. The van der Waals surface area contributed by atoms with Gasteiger partial charge in [0.15, 0.2) is 5.82 Å². The van der Waals surface area contributed by atoms with Crippen LogP contribution in [0.3, 0.4) is 0 Å². The van der Waals surface area contributed by atoms with Gasteiger partial charge >= 0.3 is 7.12 Å². The van der Waals surface area contributed by atoms with E-state index in [-0.39, 0.29) is 17.3 Å². The molecule has 0 amide bonds. The molecule has 1 N–H and O–H groups in total. The van der Waals surface area contributed by atoms with E-state index < -0.39 is 7.12 Å². The van der Waals surface area contributed by atoms with E-state index in [9.17, 15) is 5.11 Å². The monoisotopic (exact) mass is 302 g/mol. The maximum atomic E-state index is 9.54. The fourth-order valence-electron chi connectivity index (χ4n) is 2.63. The van der Waals surface area contributed by atoms with E-state index >= 15 is 0 Å². The maximum Gasteiger partial charge on any atom is 0.498 e. The van der Waals surface area contributed by atoms with Crippen molar-refractivity contribution >= 4 is 18.2 Å². The molecule has 1 aliphatic carbocycles. The highest BCUT2D eigenvalue weighted by Crippen LogP contribution is 2.36. The average Bonchev–Trinajstić information content (AvgIpc) is 2.68. The summed E-state index contributed by atoms with van der Waals surface area (Å²) in [6, 6.07) is 0. The van der Waals surface area contributed by atoms with E-state index in [1.807, 2.05) is 33.8 Å². The molecule has 0 aromatic carbocycles. The second-order valence-corrected chi connectivity index (χ2v) is 7.09. The molecule has 3 rings (SSSR count). The van der Waals surface area contributed by atoms with E-state index in [2.05, 4.69) is 9.97 Å². The van der Waals surface area contributed by atoms with Gasteiger partial charge in [0.1, 0.15) is 0 Å². The van der Waals surface area contributed by atoms with Crippen LogP contribution in [0.25, 0.3) is 5.57 Å². The number of aliphatic hydroxyl groups excluding tert-OH is 1. The molecule has 0 saturated carbocycles. The second-order valence-electron chi connectivity index (χ2n) is 7.09. The Balaban J connectivity index is 1.76. The Bertz CT molecular complexity index is 568. The molecule has 1 aromatic rings. The highest BCUT2D eigenvalue weighted by molar-refractivity contribution is 6.61. The molecule has 0 spiro atoms. The molecule has 118 valence electrons. The fraction of sp³-hybridized carbons (Fsp3) is 0.625. The maximum absolute atomic E-state index is 9.54. The first-order valence-corrected chi connectivity index (χ1v) is 7.83. The predicted molar refractivity (Wildman–Crippen MR) is 85.6 cm³/mol. The van der Waals surface area contributed by atoms with Gasteiger partial charge in [0, 0.05) is 17.9 Å². The summed E-state index contributed by atoms with van der Waals surface area (Å²) in [5, 5.41) is 9.54. The Labute approximate surface area is 131 Å². The molecule has 1 fully saturated rings. The van der Waals surface area contributed by atoms with Crippen LogP contribution in [0, 0.1) is 0 Å². The van der Waals surface area contributed by atoms with Gasteiger partial charge in [-0.3, -0.25) is 0 Å². The summed E-state index contributed by atoms with van der Waals surface area (Å²) in [6.07, 6.45) is 7.61. The first kappa shape index (κ1) is 15.7. The van der Waals surface area contributed by atoms with Crippen molar-refractivity contribution in [1.29, 1.82) is 0 Å². The Morgan fingerprint density at radius 2 is 1.73 bits per heavy atom. The van der Waals surface area contributed by atoms with Crippen molar-refractivity contribution < 1.29 is 14.4 Å². The zero-order chi connectivity index (χ0) is 16.0. The molecule has 6 heteroatoms. The third kappa shape index (κ3) is 2.83. The highest BCUT2D eigenvalue weighted by Gasteiger charge is 2.51. The molecule has 1 saturated heterocycles. The Morgan fingerprint density at radius 1 is 1.14 bits per heavy atom. The second kappa shape index (κ2) is 5.44. The smallest absolute Gasteiger partial charge is 0.399 e. The number of hydrogen-bond acceptors (Lipinski definition) is 5. The number of allylic oxidation sites excluding steroid dienone is 1. The van der Waals surface area contributed by atoms with E-state index in [4.69, 9.17) is 9.31 Å². The first-order valence-electron chi connectivity index (χ1n) is 7.83. The van der Waals surface area contributed by atoms with Crippen LogP contribution in [0.2, 0.25) is 0 Å². The van der Waals surface area contributed by atoms with E-state index in [1.54, 1.807) is 12.4 Å². The summed E-state index contributed by atoms with van der Waals surface area (Å²) in [6.45, 7) is 8.11. The van der Waals surface area contributed by atoms with Crippen molar-refractivity contribution in [2.45, 2.75) is 64.3 Å². The predicted octanol–water partition coefficient (Wildman–Crippen LogP) is 1.70. The number of nitrogens with zero attached hydrogens (tertiary/aromatic N) is 2. The molecule has 1 atom stereocenters. The van der Waals surface area contributed by atoms with Crippen molar-refractivity contribution in [1.82, 2.24) is 9.97 Å². The summed E-state index contributed by atoms with van der Waals surface area (Å²) in [7, 11) is -0.429. The van der Waals surface area contributed by atoms with Crippen molar-refractivity contribution in [2.24, 2.45) is 0 Å². The van der Waals surface area contributed by atoms with E-state index in [1.165, 1.54) is 0 Å². The van der Waals surface area contributed by atoms with Gasteiger partial charge in [-0.05, 0) is 52.5 Å². The van der Waals surface area contributed by atoms with Gasteiger partial charge in [-0.25, -0.2) is 9.97 Å². The van der Waals surface area contributed by atoms with Crippen LogP contribution in [0.15, 0.2) is 18.5 Å². The molecule has 2 heterocycles. The molecule has 1 unspecified atom stereocenters. The van der Waals surface area contributed by atoms with Gasteiger partial charge in [-0.1, -0.05) is 6.08 Å².